The van der Waals surface area contributed by atoms with Crippen molar-refractivity contribution >= 4 is 11.9 Å². The molecule has 2 aromatic carbocycles. The van der Waals surface area contributed by atoms with Gasteiger partial charge < -0.3 is 24.3 Å². The van der Waals surface area contributed by atoms with Gasteiger partial charge in [0, 0.05) is 6.54 Å². The summed E-state index contributed by atoms with van der Waals surface area (Å²) in [5.74, 6) is 1.07. The first-order valence-electron chi connectivity index (χ1n) is 10.5. The SMILES string of the molecule is CCOc1cc(C(=O)OC(C)C(=O)NCC(C)C)ccc1OCCOc1ccccc1. The monoisotopic (exact) mass is 429 g/mol. The number of benzene rings is 2. The summed E-state index contributed by atoms with van der Waals surface area (Å²) in [6.45, 7) is 8.97. The fraction of sp³-hybridized carbons (Fsp3) is 0.417. The highest BCUT2D eigenvalue weighted by molar-refractivity contribution is 5.92. The molecular formula is C24H31NO6. The van der Waals surface area contributed by atoms with Gasteiger partial charge in [0.15, 0.2) is 17.6 Å². The zero-order valence-corrected chi connectivity index (χ0v) is 18.6. The quantitative estimate of drug-likeness (QED) is 0.407. The fourth-order valence-corrected chi connectivity index (χ4v) is 2.58. The Hall–Kier alpha value is -3.22. The third kappa shape index (κ3) is 8.20. The van der Waals surface area contributed by atoms with E-state index in [0.717, 1.165) is 5.75 Å². The smallest absolute Gasteiger partial charge is 0.339 e. The molecule has 0 saturated heterocycles. The van der Waals surface area contributed by atoms with E-state index in [1.165, 1.54) is 0 Å². The molecule has 168 valence electrons. The van der Waals surface area contributed by atoms with Gasteiger partial charge in [0.2, 0.25) is 0 Å². The van der Waals surface area contributed by atoms with Gasteiger partial charge in [-0.1, -0.05) is 32.0 Å². The molecule has 0 aliphatic carbocycles. The summed E-state index contributed by atoms with van der Waals surface area (Å²) in [7, 11) is 0. The van der Waals surface area contributed by atoms with Gasteiger partial charge in [-0.2, -0.15) is 0 Å². The molecule has 0 radical (unpaired) electrons. The first-order chi connectivity index (χ1) is 14.9. The Morgan fingerprint density at radius 2 is 1.61 bits per heavy atom. The molecule has 1 unspecified atom stereocenters. The molecule has 7 heteroatoms. The molecule has 0 bridgehead atoms. The Morgan fingerprint density at radius 1 is 0.903 bits per heavy atom. The van der Waals surface area contributed by atoms with Crippen LogP contribution in [0.25, 0.3) is 0 Å². The second-order valence-electron chi connectivity index (χ2n) is 7.29. The van der Waals surface area contributed by atoms with Crippen LogP contribution in [-0.4, -0.2) is 44.3 Å². The third-order valence-electron chi connectivity index (χ3n) is 4.17. The van der Waals surface area contributed by atoms with E-state index in [1.54, 1.807) is 25.1 Å². The maximum Gasteiger partial charge on any atom is 0.339 e. The molecule has 1 N–H and O–H groups in total. The van der Waals surface area contributed by atoms with Gasteiger partial charge in [0.25, 0.3) is 5.91 Å². The predicted octanol–water partition coefficient (Wildman–Crippen LogP) is 3.86. The lowest BCUT2D eigenvalue weighted by Gasteiger charge is -2.16. The minimum absolute atomic E-state index is 0.278. The summed E-state index contributed by atoms with van der Waals surface area (Å²) in [4.78, 5) is 24.5. The molecule has 1 amide bonds. The molecule has 2 aromatic rings. The van der Waals surface area contributed by atoms with Crippen LogP contribution in [0, 0.1) is 5.92 Å². The van der Waals surface area contributed by atoms with Crippen LogP contribution in [0.3, 0.4) is 0 Å². The van der Waals surface area contributed by atoms with Crippen LogP contribution in [0.15, 0.2) is 48.5 Å². The van der Waals surface area contributed by atoms with Crippen molar-refractivity contribution < 1.29 is 28.5 Å². The van der Waals surface area contributed by atoms with Crippen LogP contribution in [-0.2, 0) is 9.53 Å². The molecule has 0 spiro atoms. The molecular weight excluding hydrogens is 398 g/mol. The Morgan fingerprint density at radius 3 is 2.29 bits per heavy atom. The normalized spacial score (nSPS) is 11.5. The number of para-hydroxylation sites is 1. The molecule has 0 saturated carbocycles. The molecule has 0 aromatic heterocycles. The number of carbonyl (C=O) groups is 2. The van der Waals surface area contributed by atoms with E-state index in [-0.39, 0.29) is 11.5 Å². The molecule has 2 rings (SSSR count). The van der Waals surface area contributed by atoms with E-state index in [0.29, 0.717) is 43.8 Å². The lowest BCUT2D eigenvalue weighted by atomic mass is 10.2. The topological polar surface area (TPSA) is 83.1 Å². The van der Waals surface area contributed by atoms with Crippen molar-refractivity contribution in [1.29, 1.82) is 0 Å². The van der Waals surface area contributed by atoms with Crippen molar-refractivity contribution in [1.82, 2.24) is 5.32 Å². The highest BCUT2D eigenvalue weighted by Gasteiger charge is 2.20. The summed E-state index contributed by atoms with van der Waals surface area (Å²) in [6, 6.07) is 14.2. The van der Waals surface area contributed by atoms with Crippen LogP contribution in [0.2, 0.25) is 0 Å². The minimum Gasteiger partial charge on any atom is -0.490 e. The Bertz CT molecular complexity index is 837. The summed E-state index contributed by atoms with van der Waals surface area (Å²) in [6.07, 6.45) is -0.896. The van der Waals surface area contributed by atoms with Crippen LogP contribution >= 0.6 is 0 Å². The van der Waals surface area contributed by atoms with E-state index in [4.69, 9.17) is 18.9 Å². The third-order valence-corrected chi connectivity index (χ3v) is 4.17. The van der Waals surface area contributed by atoms with Crippen molar-refractivity contribution in [3.8, 4) is 17.2 Å². The van der Waals surface area contributed by atoms with Crippen molar-refractivity contribution in [3.05, 3.63) is 54.1 Å². The van der Waals surface area contributed by atoms with Crippen molar-refractivity contribution in [3.63, 3.8) is 0 Å². The summed E-state index contributed by atoms with van der Waals surface area (Å²) < 4.78 is 22.3. The number of carbonyl (C=O) groups excluding carboxylic acids is 2. The summed E-state index contributed by atoms with van der Waals surface area (Å²) in [5, 5.41) is 2.75. The zero-order chi connectivity index (χ0) is 22.6. The van der Waals surface area contributed by atoms with Crippen LogP contribution in [0.4, 0.5) is 0 Å². The fourth-order valence-electron chi connectivity index (χ4n) is 2.58. The van der Waals surface area contributed by atoms with Gasteiger partial charge >= 0.3 is 5.97 Å². The first-order valence-corrected chi connectivity index (χ1v) is 10.5. The maximum absolute atomic E-state index is 12.5. The lowest BCUT2D eigenvalue weighted by molar-refractivity contribution is -0.129. The molecule has 0 aliphatic rings. The summed E-state index contributed by atoms with van der Waals surface area (Å²) >= 11 is 0. The summed E-state index contributed by atoms with van der Waals surface area (Å²) in [5.41, 5.74) is 0.278. The average Bonchev–Trinajstić information content (AvgIpc) is 2.76. The number of esters is 1. The number of ether oxygens (including phenoxy) is 4. The number of amides is 1. The van der Waals surface area contributed by atoms with Crippen LogP contribution in [0.5, 0.6) is 17.2 Å². The maximum atomic E-state index is 12.5. The Kier molecular flexibility index (Phi) is 9.68. The highest BCUT2D eigenvalue weighted by atomic mass is 16.6. The van der Waals surface area contributed by atoms with E-state index in [1.807, 2.05) is 51.1 Å². The Balaban J connectivity index is 1.93. The largest absolute Gasteiger partial charge is 0.490 e. The van der Waals surface area contributed by atoms with Crippen molar-refractivity contribution in [2.24, 2.45) is 5.92 Å². The van der Waals surface area contributed by atoms with E-state index >= 15 is 0 Å². The van der Waals surface area contributed by atoms with E-state index in [2.05, 4.69) is 5.32 Å². The molecule has 1 atom stereocenters. The molecule has 0 aliphatic heterocycles. The van der Waals surface area contributed by atoms with E-state index < -0.39 is 12.1 Å². The van der Waals surface area contributed by atoms with Gasteiger partial charge in [-0.25, -0.2) is 4.79 Å². The van der Waals surface area contributed by atoms with E-state index in [9.17, 15) is 9.59 Å². The number of hydrogen-bond donors (Lipinski definition) is 1. The van der Waals surface area contributed by atoms with Gasteiger partial charge in [-0.3, -0.25) is 4.79 Å². The van der Waals surface area contributed by atoms with Gasteiger partial charge in [0.1, 0.15) is 19.0 Å². The molecule has 7 nitrogen and oxygen atoms in total. The van der Waals surface area contributed by atoms with Crippen molar-refractivity contribution in [2.75, 3.05) is 26.4 Å². The minimum atomic E-state index is -0.896. The number of hydrogen-bond acceptors (Lipinski definition) is 6. The van der Waals surface area contributed by atoms with Crippen LogP contribution in [0.1, 0.15) is 38.1 Å². The standard InChI is InChI=1S/C24H31NO6/c1-5-28-22-15-19(24(27)31-18(4)23(26)25-16-17(2)3)11-12-21(22)30-14-13-29-20-9-7-6-8-10-20/h6-12,15,17-18H,5,13-14,16H2,1-4H3,(H,25,26). The zero-order valence-electron chi connectivity index (χ0n) is 18.6. The van der Waals surface area contributed by atoms with Crippen molar-refractivity contribution in [2.45, 2.75) is 33.8 Å². The molecule has 31 heavy (non-hydrogen) atoms. The Labute approximate surface area is 183 Å². The number of rotatable bonds is 12. The van der Waals surface area contributed by atoms with Gasteiger partial charge in [-0.05, 0) is 50.1 Å². The molecule has 0 heterocycles. The first kappa shape index (κ1) is 24.1. The lowest BCUT2D eigenvalue weighted by Crippen LogP contribution is -2.37. The highest BCUT2D eigenvalue weighted by Crippen LogP contribution is 2.29. The second kappa shape index (κ2) is 12.5. The predicted molar refractivity (Wildman–Crippen MR) is 118 cm³/mol. The number of nitrogens with one attached hydrogen (secondary N) is 1. The molecule has 0 fully saturated rings. The van der Waals surface area contributed by atoms with Gasteiger partial charge in [-0.15, -0.1) is 0 Å². The van der Waals surface area contributed by atoms with Crippen LogP contribution < -0.4 is 19.5 Å². The average molecular weight is 430 g/mol. The van der Waals surface area contributed by atoms with Gasteiger partial charge in [0.05, 0.1) is 12.2 Å². The second-order valence-corrected chi connectivity index (χ2v) is 7.29.